The Labute approximate surface area is 368 Å². The molecule has 0 saturated heterocycles. The van der Waals surface area contributed by atoms with Crippen molar-refractivity contribution in [3.8, 4) is 39.3 Å². The highest BCUT2D eigenvalue weighted by Crippen LogP contribution is 2.66. The molecule has 10 aromatic carbocycles. The summed E-state index contributed by atoms with van der Waals surface area (Å²) in [6.07, 6.45) is 0. The highest BCUT2D eigenvalue weighted by molar-refractivity contribution is 6.19. The number of aromatic nitrogens is 3. The summed E-state index contributed by atoms with van der Waals surface area (Å²) < 4.78 is 7.51. The van der Waals surface area contributed by atoms with Crippen molar-refractivity contribution >= 4 is 65.4 Å². The van der Waals surface area contributed by atoms with E-state index in [0.717, 1.165) is 11.4 Å². The van der Waals surface area contributed by atoms with Crippen LogP contribution in [0.5, 0.6) is 0 Å². The van der Waals surface area contributed by atoms with Gasteiger partial charge in [-0.2, -0.15) is 0 Å². The van der Waals surface area contributed by atoms with Crippen LogP contribution in [0.1, 0.15) is 22.3 Å². The zero-order valence-electron chi connectivity index (χ0n) is 34.7. The standard InChI is InChI=1S/C61H37N3/c1-3-17-38(18-4-1)62-53-28-14-11-24-44(53)49-37-40(31-36-56(49)62)64-55-30-16-10-23-43(55)47-33-32-45-41-21-7-12-26-50(41)61(58(45)60(47)64)51-27-13-8-25-48(51)57-52(61)35-34-46-42-22-9-15-29-54(42)63(59(46)57)39-19-5-2-6-20-39/h1-37H. The molecule has 3 heterocycles. The first-order valence-electron chi connectivity index (χ1n) is 22.3. The molecule has 0 radical (unpaired) electrons. The van der Waals surface area contributed by atoms with Gasteiger partial charge in [0, 0.05) is 60.5 Å². The fourth-order valence-electron chi connectivity index (χ4n) is 12.3. The van der Waals surface area contributed by atoms with Crippen LogP contribution in [0.15, 0.2) is 224 Å². The maximum Gasteiger partial charge on any atom is 0.0747 e. The molecule has 0 aliphatic heterocycles. The lowest BCUT2D eigenvalue weighted by Crippen LogP contribution is -2.26. The largest absolute Gasteiger partial charge is 0.309 e. The van der Waals surface area contributed by atoms with Crippen molar-refractivity contribution in [2.45, 2.75) is 5.41 Å². The van der Waals surface area contributed by atoms with E-state index >= 15 is 0 Å². The van der Waals surface area contributed by atoms with E-state index in [9.17, 15) is 0 Å². The average Bonchev–Trinajstić information content (AvgIpc) is 4.14. The summed E-state index contributed by atoms with van der Waals surface area (Å²) in [6, 6.07) is 83.8. The lowest BCUT2D eigenvalue weighted by atomic mass is 9.70. The summed E-state index contributed by atoms with van der Waals surface area (Å²) in [6.45, 7) is 0. The van der Waals surface area contributed by atoms with Crippen LogP contribution in [0.25, 0.3) is 105 Å². The summed E-state index contributed by atoms with van der Waals surface area (Å²) >= 11 is 0. The maximum atomic E-state index is 2.59. The molecule has 3 aromatic heterocycles. The Hall–Kier alpha value is -8.40. The zero-order chi connectivity index (χ0) is 41.7. The van der Waals surface area contributed by atoms with Gasteiger partial charge in [0.05, 0.1) is 38.5 Å². The maximum absolute atomic E-state index is 2.59. The third-order valence-corrected chi connectivity index (χ3v) is 14.6. The molecule has 13 aromatic rings. The van der Waals surface area contributed by atoms with Crippen LogP contribution in [0.2, 0.25) is 0 Å². The van der Waals surface area contributed by atoms with Gasteiger partial charge >= 0.3 is 0 Å². The van der Waals surface area contributed by atoms with Gasteiger partial charge in [-0.3, -0.25) is 0 Å². The van der Waals surface area contributed by atoms with Gasteiger partial charge in [0.15, 0.2) is 0 Å². The van der Waals surface area contributed by atoms with E-state index in [-0.39, 0.29) is 0 Å². The number of para-hydroxylation sites is 5. The summed E-state index contributed by atoms with van der Waals surface area (Å²) in [7, 11) is 0. The van der Waals surface area contributed by atoms with Gasteiger partial charge < -0.3 is 13.7 Å². The first kappa shape index (κ1) is 34.2. The van der Waals surface area contributed by atoms with E-state index in [0.29, 0.717) is 0 Å². The third kappa shape index (κ3) is 4.13. The quantitative estimate of drug-likeness (QED) is 0.169. The number of fused-ring (bicyclic) bond motifs is 21. The van der Waals surface area contributed by atoms with E-state index in [1.165, 1.54) is 116 Å². The van der Waals surface area contributed by atoms with E-state index in [1.54, 1.807) is 0 Å². The van der Waals surface area contributed by atoms with E-state index in [4.69, 9.17) is 0 Å². The van der Waals surface area contributed by atoms with Crippen LogP contribution >= 0.6 is 0 Å². The molecular formula is C61H37N3. The third-order valence-electron chi connectivity index (χ3n) is 14.6. The van der Waals surface area contributed by atoms with Crippen molar-refractivity contribution in [3.05, 3.63) is 247 Å². The summed E-state index contributed by atoms with van der Waals surface area (Å²) in [4.78, 5) is 0. The molecule has 2 aliphatic carbocycles. The predicted molar refractivity (Wildman–Crippen MR) is 266 cm³/mol. The monoisotopic (exact) mass is 811 g/mol. The van der Waals surface area contributed by atoms with Crippen LogP contribution in [-0.2, 0) is 5.41 Å². The molecule has 1 spiro atoms. The topological polar surface area (TPSA) is 14.8 Å². The Balaban J connectivity index is 1.11. The van der Waals surface area contributed by atoms with Crippen molar-refractivity contribution in [1.82, 2.24) is 13.7 Å². The minimum absolute atomic E-state index is 0.594. The first-order chi connectivity index (χ1) is 31.8. The normalized spacial score (nSPS) is 14.9. The van der Waals surface area contributed by atoms with Crippen molar-refractivity contribution in [1.29, 1.82) is 0 Å². The van der Waals surface area contributed by atoms with Crippen molar-refractivity contribution in [3.63, 3.8) is 0 Å². The number of rotatable bonds is 3. The number of benzene rings is 10. The Kier molecular flexibility index (Phi) is 6.61. The molecule has 1 unspecified atom stereocenters. The van der Waals surface area contributed by atoms with Gasteiger partial charge in [-0.15, -0.1) is 0 Å². The lowest BCUT2D eigenvalue weighted by Gasteiger charge is -2.31. The molecule has 15 rings (SSSR count). The van der Waals surface area contributed by atoms with Gasteiger partial charge in [0.25, 0.3) is 0 Å². The Morgan fingerprint density at radius 1 is 0.266 bits per heavy atom. The molecule has 2 aliphatic rings. The number of nitrogens with zero attached hydrogens (tertiary/aromatic N) is 3. The van der Waals surface area contributed by atoms with E-state index in [2.05, 4.69) is 238 Å². The van der Waals surface area contributed by atoms with Gasteiger partial charge in [-0.05, 0) is 94.0 Å². The molecule has 0 fully saturated rings. The summed E-state index contributed by atoms with van der Waals surface area (Å²) in [5.41, 5.74) is 20.8. The highest BCUT2D eigenvalue weighted by Gasteiger charge is 2.54. The number of hydrogen-bond donors (Lipinski definition) is 0. The predicted octanol–water partition coefficient (Wildman–Crippen LogP) is 15.3. The van der Waals surface area contributed by atoms with Crippen molar-refractivity contribution in [2.75, 3.05) is 0 Å². The second-order valence-electron chi connectivity index (χ2n) is 17.5. The van der Waals surface area contributed by atoms with Gasteiger partial charge in [-0.25, -0.2) is 0 Å². The second-order valence-corrected chi connectivity index (χ2v) is 17.5. The fourth-order valence-corrected chi connectivity index (χ4v) is 12.3. The van der Waals surface area contributed by atoms with Crippen LogP contribution in [0.4, 0.5) is 0 Å². The second kappa shape index (κ2) is 12.4. The van der Waals surface area contributed by atoms with E-state index < -0.39 is 5.41 Å². The smallest absolute Gasteiger partial charge is 0.0747 e. The molecular weight excluding hydrogens is 775 g/mol. The molecule has 64 heavy (non-hydrogen) atoms. The molecule has 0 N–H and O–H groups in total. The van der Waals surface area contributed by atoms with Crippen LogP contribution in [0.3, 0.4) is 0 Å². The molecule has 296 valence electrons. The van der Waals surface area contributed by atoms with Crippen molar-refractivity contribution < 1.29 is 0 Å². The summed E-state index contributed by atoms with van der Waals surface area (Å²) in [5, 5.41) is 7.53. The Morgan fingerprint density at radius 3 is 1.44 bits per heavy atom. The molecule has 0 bridgehead atoms. The van der Waals surface area contributed by atoms with Crippen LogP contribution in [-0.4, -0.2) is 13.7 Å². The Bertz CT molecular complexity index is 4130. The van der Waals surface area contributed by atoms with Crippen molar-refractivity contribution in [2.24, 2.45) is 0 Å². The minimum atomic E-state index is -0.594. The summed E-state index contributed by atoms with van der Waals surface area (Å²) in [5.74, 6) is 0. The Morgan fingerprint density at radius 2 is 0.750 bits per heavy atom. The lowest BCUT2D eigenvalue weighted by molar-refractivity contribution is 0.797. The minimum Gasteiger partial charge on any atom is -0.309 e. The molecule has 0 saturated carbocycles. The average molecular weight is 812 g/mol. The van der Waals surface area contributed by atoms with E-state index in [1.807, 2.05) is 0 Å². The first-order valence-corrected chi connectivity index (χ1v) is 22.3. The van der Waals surface area contributed by atoms with Gasteiger partial charge in [-0.1, -0.05) is 164 Å². The molecule has 3 heteroatoms. The van der Waals surface area contributed by atoms with Gasteiger partial charge in [0.1, 0.15) is 0 Å². The SMILES string of the molecule is c1ccc(-n2c3ccccc3c3cc(-n4c5ccccc5c5ccc6c(c54)C4(c5ccccc5-6)c5ccccc5-c5c4ccc4c6ccccc6n(-c6ccccc6)c54)ccc32)cc1. The fraction of sp³-hybridized carbons (Fsp3) is 0.0164. The molecule has 1 atom stereocenters. The molecule has 0 amide bonds. The molecule has 3 nitrogen and oxygen atoms in total. The van der Waals surface area contributed by atoms with Crippen LogP contribution in [0, 0.1) is 0 Å². The van der Waals surface area contributed by atoms with Gasteiger partial charge in [0.2, 0.25) is 0 Å². The highest BCUT2D eigenvalue weighted by atomic mass is 15.0. The zero-order valence-corrected chi connectivity index (χ0v) is 34.7. The number of hydrogen-bond acceptors (Lipinski definition) is 0. The van der Waals surface area contributed by atoms with Crippen LogP contribution < -0.4 is 0 Å².